The summed E-state index contributed by atoms with van der Waals surface area (Å²) in [6.45, 7) is 4.75. The van der Waals surface area contributed by atoms with Crippen molar-refractivity contribution in [3.05, 3.63) is 98.7 Å². The maximum absolute atomic E-state index is 13.4. The number of amides is 3. The van der Waals surface area contributed by atoms with Gasteiger partial charge < -0.3 is 16.0 Å². The van der Waals surface area contributed by atoms with Crippen LogP contribution in [0.4, 0.5) is 32.0 Å². The summed E-state index contributed by atoms with van der Waals surface area (Å²) in [7, 11) is 0. The van der Waals surface area contributed by atoms with Gasteiger partial charge in [-0.3, -0.25) is 19.4 Å². The minimum absolute atomic E-state index is 0.0111. The molecular formula is C30H24Cl2F6N8O3. The van der Waals surface area contributed by atoms with Gasteiger partial charge in [-0.25, -0.2) is 9.67 Å². The van der Waals surface area contributed by atoms with Crippen LogP contribution in [0.3, 0.4) is 0 Å². The Morgan fingerprint density at radius 1 is 0.959 bits per heavy atom. The predicted octanol–water partition coefficient (Wildman–Crippen LogP) is 6.65. The molecule has 49 heavy (non-hydrogen) atoms. The van der Waals surface area contributed by atoms with Crippen LogP contribution in [0.2, 0.25) is 10.0 Å². The minimum atomic E-state index is -4.82. The first kappa shape index (κ1) is 38.2. The van der Waals surface area contributed by atoms with Crippen molar-refractivity contribution in [1.82, 2.24) is 30.4 Å². The Kier molecular flexibility index (Phi) is 12.3. The topological polar surface area (TPSA) is 155 Å². The number of carbonyl (C=O) groups is 3. The third-order valence-electron chi connectivity index (χ3n) is 6.07. The second kappa shape index (κ2) is 15.8. The minimum Gasteiger partial charge on any atom is -0.350 e. The third-order valence-corrected chi connectivity index (χ3v) is 6.59. The molecule has 19 heteroatoms. The van der Waals surface area contributed by atoms with Gasteiger partial charge in [-0.2, -0.15) is 36.7 Å². The summed E-state index contributed by atoms with van der Waals surface area (Å²) in [5.41, 5.74) is -2.87. The second-order valence-electron chi connectivity index (χ2n) is 10.1. The summed E-state index contributed by atoms with van der Waals surface area (Å²) in [5.74, 6) is -2.60. The van der Waals surface area contributed by atoms with Crippen molar-refractivity contribution in [3.63, 3.8) is 0 Å². The Morgan fingerprint density at radius 2 is 1.65 bits per heavy atom. The van der Waals surface area contributed by atoms with Gasteiger partial charge in [0.15, 0.2) is 11.5 Å². The number of rotatable bonds is 7. The molecule has 1 aromatic carbocycles. The van der Waals surface area contributed by atoms with E-state index in [1.165, 1.54) is 30.5 Å². The van der Waals surface area contributed by atoms with Crippen LogP contribution >= 0.6 is 23.2 Å². The zero-order valence-electron chi connectivity index (χ0n) is 25.5. The molecule has 258 valence electrons. The lowest BCUT2D eigenvalue weighted by Crippen LogP contribution is -2.31. The first-order valence-corrected chi connectivity index (χ1v) is 14.5. The van der Waals surface area contributed by atoms with Crippen molar-refractivity contribution in [2.75, 3.05) is 11.9 Å². The molecular weight excluding hydrogens is 705 g/mol. The van der Waals surface area contributed by atoms with E-state index in [2.05, 4.69) is 25.7 Å². The van der Waals surface area contributed by atoms with Gasteiger partial charge in [-0.05, 0) is 56.7 Å². The fraction of sp³-hybridized carbons (Fsp3) is 0.233. The number of aryl methyl sites for hydroxylation is 1. The number of aromatic nitrogens is 4. The lowest BCUT2D eigenvalue weighted by Gasteiger charge is -2.16. The molecule has 3 N–H and O–H groups in total. The number of benzene rings is 1. The summed E-state index contributed by atoms with van der Waals surface area (Å²) in [5, 5.41) is 19.2. The van der Waals surface area contributed by atoms with Crippen LogP contribution in [0.5, 0.6) is 0 Å². The van der Waals surface area contributed by atoms with Gasteiger partial charge in [0.05, 0.1) is 33.5 Å². The number of nitrogens with one attached hydrogen (secondary N) is 3. The van der Waals surface area contributed by atoms with E-state index < -0.39 is 52.6 Å². The van der Waals surface area contributed by atoms with E-state index in [9.17, 15) is 40.7 Å². The number of halogens is 8. The number of carbonyl (C=O) groups excluding carboxylic acids is 3. The van der Waals surface area contributed by atoms with E-state index >= 15 is 0 Å². The zero-order valence-corrected chi connectivity index (χ0v) is 27.0. The number of alkyl halides is 6. The van der Waals surface area contributed by atoms with Gasteiger partial charge >= 0.3 is 12.4 Å². The van der Waals surface area contributed by atoms with Gasteiger partial charge in [-0.15, -0.1) is 0 Å². The molecule has 0 bridgehead atoms. The third kappa shape index (κ3) is 9.90. The summed E-state index contributed by atoms with van der Waals surface area (Å²) in [4.78, 5) is 44.4. The molecule has 0 spiro atoms. The molecule has 0 fully saturated rings. The van der Waals surface area contributed by atoms with E-state index in [1.54, 1.807) is 26.8 Å². The molecule has 3 heterocycles. The van der Waals surface area contributed by atoms with Crippen LogP contribution in [-0.4, -0.2) is 50.1 Å². The van der Waals surface area contributed by atoms with Crippen LogP contribution in [0.15, 0.2) is 55.0 Å². The number of nitrogens with zero attached hydrogens (tertiary/aromatic N) is 5. The Morgan fingerprint density at radius 3 is 2.24 bits per heavy atom. The highest BCUT2D eigenvalue weighted by molar-refractivity contribution is 6.32. The second-order valence-corrected chi connectivity index (χ2v) is 11.0. The Hall–Kier alpha value is -5.21. The number of hydrogen-bond acceptors (Lipinski definition) is 7. The number of nitriles is 1. The highest BCUT2D eigenvalue weighted by atomic mass is 35.5. The van der Waals surface area contributed by atoms with Crippen LogP contribution in [0.25, 0.3) is 5.82 Å². The van der Waals surface area contributed by atoms with Gasteiger partial charge in [0.1, 0.15) is 12.2 Å². The number of pyridine rings is 2. The molecule has 4 aromatic rings. The molecule has 0 saturated heterocycles. The standard InChI is InChI=1S/C21H18Cl2F3N5O2.C9H6F3N3O/c1-10(2)28-19(32)13-8-12(22)7-11(3)17(13)29-20(33)15-9-16(21(24,25)26)30-31(15)18-14(23)5-4-6-27-18;10-9(11,12)7-1-3-14-5-6(7)8(16)15-4-2-13/h4-10H,1-3H3,(H,28,32)(H,29,33);1,3,5H,4H2,(H,15,16). The van der Waals surface area contributed by atoms with Crippen molar-refractivity contribution < 1.29 is 40.7 Å². The van der Waals surface area contributed by atoms with Crippen molar-refractivity contribution in [1.29, 1.82) is 5.26 Å². The van der Waals surface area contributed by atoms with Crippen molar-refractivity contribution in [3.8, 4) is 11.9 Å². The molecule has 0 radical (unpaired) electrons. The van der Waals surface area contributed by atoms with Crippen molar-refractivity contribution in [2.24, 2.45) is 0 Å². The molecule has 3 aromatic heterocycles. The summed E-state index contributed by atoms with van der Waals surface area (Å²) in [6, 6.07) is 8.43. The van der Waals surface area contributed by atoms with Gasteiger partial charge in [0.25, 0.3) is 17.7 Å². The van der Waals surface area contributed by atoms with E-state index in [0.29, 0.717) is 22.4 Å². The van der Waals surface area contributed by atoms with Gasteiger partial charge in [-0.1, -0.05) is 23.2 Å². The first-order valence-electron chi connectivity index (χ1n) is 13.7. The van der Waals surface area contributed by atoms with Crippen molar-refractivity contribution >= 4 is 46.6 Å². The van der Waals surface area contributed by atoms with E-state index in [0.717, 1.165) is 12.4 Å². The average molecular weight is 729 g/mol. The molecule has 0 unspecified atom stereocenters. The summed E-state index contributed by atoms with van der Waals surface area (Å²) < 4.78 is 78.2. The normalized spacial score (nSPS) is 11.2. The lowest BCUT2D eigenvalue weighted by atomic mass is 10.1. The molecule has 4 rings (SSSR count). The van der Waals surface area contributed by atoms with E-state index in [-0.39, 0.29) is 39.7 Å². The SMILES string of the molecule is Cc1cc(Cl)cc(C(=O)NC(C)C)c1NC(=O)c1cc(C(F)(F)F)nn1-c1ncccc1Cl.N#CCNC(=O)c1cnccc1C(F)(F)F. The van der Waals surface area contributed by atoms with Crippen LogP contribution in [0.1, 0.15) is 61.9 Å². The quantitative estimate of drug-likeness (QED) is 0.142. The molecule has 3 amide bonds. The average Bonchev–Trinajstić information content (AvgIpc) is 3.47. The lowest BCUT2D eigenvalue weighted by molar-refractivity contribution is -0.141. The fourth-order valence-electron chi connectivity index (χ4n) is 4.02. The summed E-state index contributed by atoms with van der Waals surface area (Å²) >= 11 is 12.2. The molecule has 0 aliphatic rings. The highest BCUT2D eigenvalue weighted by Gasteiger charge is 2.37. The largest absolute Gasteiger partial charge is 0.435 e. The van der Waals surface area contributed by atoms with Crippen LogP contribution in [0, 0.1) is 18.3 Å². The Balaban J connectivity index is 0.000000341. The molecule has 0 aliphatic carbocycles. The smallest absolute Gasteiger partial charge is 0.350 e. The zero-order chi connectivity index (χ0) is 36.7. The Bertz CT molecular complexity index is 1910. The maximum Gasteiger partial charge on any atom is 0.435 e. The number of hydrogen-bond donors (Lipinski definition) is 3. The van der Waals surface area contributed by atoms with E-state index in [1.807, 2.05) is 5.32 Å². The maximum atomic E-state index is 13.4. The molecule has 11 nitrogen and oxygen atoms in total. The molecule has 0 saturated carbocycles. The van der Waals surface area contributed by atoms with Gasteiger partial charge in [0.2, 0.25) is 0 Å². The monoisotopic (exact) mass is 728 g/mol. The fourth-order valence-corrected chi connectivity index (χ4v) is 4.49. The summed E-state index contributed by atoms with van der Waals surface area (Å²) in [6.07, 6.45) is -6.38. The highest BCUT2D eigenvalue weighted by Crippen LogP contribution is 2.33. The molecule has 0 atom stereocenters. The Labute approximate surface area is 284 Å². The van der Waals surface area contributed by atoms with Crippen LogP contribution in [-0.2, 0) is 12.4 Å². The first-order chi connectivity index (χ1) is 22.8. The molecule has 0 aliphatic heterocycles. The van der Waals surface area contributed by atoms with Crippen molar-refractivity contribution in [2.45, 2.75) is 39.2 Å². The predicted molar refractivity (Wildman–Crippen MR) is 165 cm³/mol. The van der Waals surface area contributed by atoms with Gasteiger partial charge in [0, 0.05) is 35.7 Å². The van der Waals surface area contributed by atoms with Crippen LogP contribution < -0.4 is 16.0 Å². The number of anilines is 1. The van der Waals surface area contributed by atoms with E-state index in [4.69, 9.17) is 28.5 Å².